The van der Waals surface area contributed by atoms with Crippen molar-refractivity contribution in [3.05, 3.63) is 107 Å². The molecule has 3 aromatic rings. The van der Waals surface area contributed by atoms with Gasteiger partial charge in [-0.15, -0.1) is 0 Å². The molecule has 3 aromatic carbocycles. The molecule has 1 fully saturated rings. The van der Waals surface area contributed by atoms with Gasteiger partial charge in [0.05, 0.1) is 11.1 Å². The van der Waals surface area contributed by atoms with E-state index in [9.17, 15) is 29.4 Å². The molecule has 0 aliphatic heterocycles. The van der Waals surface area contributed by atoms with Crippen LogP contribution in [0.1, 0.15) is 61.0 Å². The number of aromatic carboxylic acids is 2. The van der Waals surface area contributed by atoms with Gasteiger partial charge in [0.1, 0.15) is 5.78 Å². The summed E-state index contributed by atoms with van der Waals surface area (Å²) >= 11 is 0. The molecule has 1 saturated carbocycles. The number of hydrogen-bond donors (Lipinski definition) is 2. The largest absolute Gasteiger partial charge is 0.478 e. The smallest absolute Gasteiger partial charge is 0.335 e. The lowest BCUT2D eigenvalue weighted by Crippen LogP contribution is -2.50. The van der Waals surface area contributed by atoms with Crippen molar-refractivity contribution in [1.82, 2.24) is 0 Å². The predicted molar refractivity (Wildman–Crippen MR) is 121 cm³/mol. The lowest BCUT2D eigenvalue weighted by atomic mass is 9.50. The minimum Gasteiger partial charge on any atom is -0.478 e. The van der Waals surface area contributed by atoms with Gasteiger partial charge in [0, 0.05) is 29.2 Å². The number of carbonyl (C=O) groups excluding carboxylic acids is 2. The van der Waals surface area contributed by atoms with Crippen molar-refractivity contribution in [1.29, 1.82) is 0 Å². The molecule has 0 aromatic heterocycles. The van der Waals surface area contributed by atoms with Gasteiger partial charge in [-0.3, -0.25) is 9.59 Å². The summed E-state index contributed by atoms with van der Waals surface area (Å²) in [5.74, 6) is -4.21. The molecule has 4 rings (SSSR count). The zero-order valence-corrected chi connectivity index (χ0v) is 17.8. The topological polar surface area (TPSA) is 109 Å². The Balaban J connectivity index is 1.80. The molecule has 1 aliphatic rings. The first-order valence-electron chi connectivity index (χ1n) is 10.6. The molecule has 1 aliphatic carbocycles. The average Bonchev–Trinajstić information content (AvgIpc) is 2.79. The highest BCUT2D eigenvalue weighted by molar-refractivity contribution is 6.03. The number of rotatable bonds is 7. The molecule has 2 N–H and O–H groups in total. The van der Waals surface area contributed by atoms with Crippen molar-refractivity contribution < 1.29 is 29.4 Å². The fourth-order valence-electron chi connectivity index (χ4n) is 4.90. The molecule has 33 heavy (non-hydrogen) atoms. The number of Topliss-reactive ketones (excluding diaryl/α,β-unsaturated/α-hetero) is 2. The van der Waals surface area contributed by atoms with Gasteiger partial charge in [-0.25, -0.2) is 9.59 Å². The second-order valence-electron chi connectivity index (χ2n) is 8.30. The first-order valence-corrected chi connectivity index (χ1v) is 10.6. The molecule has 0 amide bonds. The van der Waals surface area contributed by atoms with Gasteiger partial charge >= 0.3 is 11.9 Å². The summed E-state index contributed by atoms with van der Waals surface area (Å²) in [7, 11) is 0. The van der Waals surface area contributed by atoms with E-state index in [4.69, 9.17) is 0 Å². The highest BCUT2D eigenvalue weighted by Gasteiger charge is 2.56. The second kappa shape index (κ2) is 8.82. The summed E-state index contributed by atoms with van der Waals surface area (Å²) in [5, 5.41) is 18.5. The summed E-state index contributed by atoms with van der Waals surface area (Å²) in [6.07, 6.45) is 0. The second-order valence-corrected chi connectivity index (χ2v) is 8.30. The van der Waals surface area contributed by atoms with E-state index in [1.54, 1.807) is 48.5 Å². The Hall–Kier alpha value is -4.06. The van der Waals surface area contributed by atoms with Crippen LogP contribution in [0, 0.1) is 11.8 Å². The maximum absolute atomic E-state index is 13.5. The zero-order valence-electron chi connectivity index (χ0n) is 17.8. The van der Waals surface area contributed by atoms with Crippen LogP contribution in [0.15, 0.2) is 78.9 Å². The Kier molecular flexibility index (Phi) is 5.92. The van der Waals surface area contributed by atoms with Gasteiger partial charge in [-0.2, -0.15) is 0 Å². The van der Waals surface area contributed by atoms with E-state index in [0.29, 0.717) is 5.56 Å². The van der Waals surface area contributed by atoms with Gasteiger partial charge in [-0.05, 0) is 42.3 Å². The number of carbonyl (C=O) groups is 4. The monoisotopic (exact) mass is 442 g/mol. The summed E-state index contributed by atoms with van der Waals surface area (Å²) in [4.78, 5) is 48.8. The quantitative estimate of drug-likeness (QED) is 0.515. The third kappa shape index (κ3) is 4.07. The summed E-state index contributed by atoms with van der Waals surface area (Å²) in [6, 6.07) is 21.5. The molecular formula is C27H22O6. The standard InChI is InChI=1S/C27H22O6/c1-15(28)21-22(16-7-11-19(12-8-16)26(30)31)23(17-9-13-20(14-10-17)27(32)33)24(21)25(29)18-5-3-2-4-6-18/h2-14,21-24H,1H3,(H,30,31)(H,32,33)/t21-,22-,23+,24?/m1/s1. The van der Waals surface area contributed by atoms with Gasteiger partial charge in [-0.1, -0.05) is 54.6 Å². The van der Waals surface area contributed by atoms with E-state index in [1.807, 2.05) is 6.07 Å². The Bertz CT molecular complexity index is 1210. The van der Waals surface area contributed by atoms with Crippen molar-refractivity contribution in [3.63, 3.8) is 0 Å². The molecule has 166 valence electrons. The number of carboxylic acid groups (broad SMARTS) is 2. The molecule has 6 nitrogen and oxygen atoms in total. The Morgan fingerprint density at radius 1 is 0.576 bits per heavy atom. The Morgan fingerprint density at radius 2 is 1.00 bits per heavy atom. The highest BCUT2D eigenvalue weighted by atomic mass is 16.4. The third-order valence-electron chi connectivity index (χ3n) is 6.46. The van der Waals surface area contributed by atoms with Crippen molar-refractivity contribution in [2.24, 2.45) is 11.8 Å². The van der Waals surface area contributed by atoms with Crippen molar-refractivity contribution in [3.8, 4) is 0 Å². The van der Waals surface area contributed by atoms with E-state index in [1.165, 1.54) is 31.2 Å². The molecule has 0 saturated heterocycles. The van der Waals surface area contributed by atoms with Crippen molar-refractivity contribution in [2.75, 3.05) is 0 Å². The third-order valence-corrected chi connectivity index (χ3v) is 6.46. The van der Waals surface area contributed by atoms with Crippen LogP contribution in [0.5, 0.6) is 0 Å². The maximum atomic E-state index is 13.5. The van der Waals surface area contributed by atoms with E-state index in [-0.39, 0.29) is 34.5 Å². The van der Waals surface area contributed by atoms with Crippen LogP contribution >= 0.6 is 0 Å². The highest BCUT2D eigenvalue weighted by Crippen LogP contribution is 2.59. The Morgan fingerprint density at radius 3 is 1.39 bits per heavy atom. The normalized spacial score (nSPS) is 21.6. The summed E-state index contributed by atoms with van der Waals surface area (Å²) in [5.41, 5.74) is 2.32. The van der Waals surface area contributed by atoms with Gasteiger partial charge in [0.15, 0.2) is 5.78 Å². The summed E-state index contributed by atoms with van der Waals surface area (Å²) < 4.78 is 0. The van der Waals surface area contributed by atoms with Crippen LogP contribution in [0.25, 0.3) is 0 Å². The molecular weight excluding hydrogens is 420 g/mol. The molecule has 1 unspecified atom stereocenters. The van der Waals surface area contributed by atoms with Gasteiger partial charge in [0.25, 0.3) is 0 Å². The SMILES string of the molecule is CC(=O)[C@H]1C(C(=O)c2ccccc2)[C@@H](c2ccc(C(=O)O)cc2)[C@@H]1c1ccc(C(=O)O)cc1. The molecule has 0 spiro atoms. The minimum absolute atomic E-state index is 0.116. The van der Waals surface area contributed by atoms with E-state index < -0.39 is 23.8 Å². The number of benzene rings is 3. The molecule has 0 heterocycles. The number of ketones is 2. The average molecular weight is 442 g/mol. The fraction of sp³-hybridized carbons (Fsp3) is 0.185. The van der Waals surface area contributed by atoms with Crippen LogP contribution in [0.2, 0.25) is 0 Å². The Labute approximate surface area is 190 Å². The molecule has 4 atom stereocenters. The number of carboxylic acids is 2. The summed E-state index contributed by atoms with van der Waals surface area (Å²) in [6.45, 7) is 1.47. The predicted octanol–water partition coefficient (Wildman–Crippen LogP) is 4.67. The van der Waals surface area contributed by atoms with Crippen molar-refractivity contribution >= 4 is 23.5 Å². The van der Waals surface area contributed by atoms with Gasteiger partial charge in [0.2, 0.25) is 0 Å². The zero-order chi connectivity index (χ0) is 23.7. The molecule has 0 bridgehead atoms. The maximum Gasteiger partial charge on any atom is 0.335 e. The van der Waals surface area contributed by atoms with Gasteiger partial charge < -0.3 is 10.2 Å². The first-order chi connectivity index (χ1) is 15.8. The van der Waals surface area contributed by atoms with Crippen LogP contribution in [0.4, 0.5) is 0 Å². The molecule has 6 heteroatoms. The van der Waals surface area contributed by atoms with Crippen LogP contribution in [-0.4, -0.2) is 33.7 Å². The fourth-order valence-corrected chi connectivity index (χ4v) is 4.90. The lowest BCUT2D eigenvalue weighted by molar-refractivity contribution is -0.127. The molecule has 0 radical (unpaired) electrons. The first kappa shape index (κ1) is 22.1. The van der Waals surface area contributed by atoms with E-state index >= 15 is 0 Å². The van der Waals surface area contributed by atoms with Crippen LogP contribution in [-0.2, 0) is 4.79 Å². The van der Waals surface area contributed by atoms with Crippen LogP contribution < -0.4 is 0 Å². The minimum atomic E-state index is -1.05. The number of hydrogen-bond acceptors (Lipinski definition) is 4. The van der Waals surface area contributed by atoms with Crippen molar-refractivity contribution in [2.45, 2.75) is 18.8 Å². The van der Waals surface area contributed by atoms with E-state index in [2.05, 4.69) is 0 Å². The lowest BCUT2D eigenvalue weighted by Gasteiger charge is -2.51. The van der Waals surface area contributed by atoms with E-state index in [0.717, 1.165) is 11.1 Å². The van der Waals surface area contributed by atoms with Crippen LogP contribution in [0.3, 0.4) is 0 Å².